The van der Waals surface area contributed by atoms with Gasteiger partial charge in [-0.05, 0) is 47.5 Å². The largest absolute Gasteiger partial charge is 0.489 e. The average Bonchev–Trinajstić information content (AvgIpc) is 2.78. The van der Waals surface area contributed by atoms with Crippen LogP contribution in [-0.2, 0) is 12.8 Å². The molecule has 1 heterocycles. The van der Waals surface area contributed by atoms with E-state index in [1.165, 1.54) is 66.7 Å². The topological polar surface area (TPSA) is 82.6 Å². The molecule has 0 saturated carbocycles. The zero-order chi connectivity index (χ0) is 23.8. The van der Waals surface area contributed by atoms with Crippen LogP contribution in [0.3, 0.4) is 0 Å². The van der Waals surface area contributed by atoms with Gasteiger partial charge in [0.15, 0.2) is 0 Å². The predicted molar refractivity (Wildman–Crippen MR) is 118 cm³/mol. The van der Waals surface area contributed by atoms with Crippen molar-refractivity contribution in [1.82, 2.24) is 0 Å². The summed E-state index contributed by atoms with van der Waals surface area (Å²) in [6.07, 6.45) is -4.90. The summed E-state index contributed by atoms with van der Waals surface area (Å²) in [5.74, 6) is -1.22. The van der Waals surface area contributed by atoms with Crippen molar-refractivity contribution in [2.45, 2.75) is 12.8 Å². The number of ether oxygens (including phenoxy) is 1. The highest BCUT2D eigenvalue weighted by molar-refractivity contribution is 9.10. The maximum atomic E-state index is 13.8. The summed E-state index contributed by atoms with van der Waals surface area (Å²) in [4.78, 5) is 23.2. The van der Waals surface area contributed by atoms with Crippen molar-refractivity contribution >= 4 is 32.6 Å². The third-order valence-electron chi connectivity index (χ3n) is 4.81. The fraction of sp³-hybridized carbons (Fsp3) is 0.0870. The van der Waals surface area contributed by atoms with Crippen molar-refractivity contribution in [3.05, 3.63) is 103 Å². The number of rotatable bonds is 5. The second kappa shape index (κ2) is 8.70. The summed E-state index contributed by atoms with van der Waals surface area (Å²) >= 11 is 3.22. The first-order valence-corrected chi connectivity index (χ1v) is 10.2. The normalized spacial score (nSPS) is 11.5. The maximum Gasteiger partial charge on any atom is 0.450 e. The molecule has 6 nitrogen and oxygen atoms in total. The van der Waals surface area contributed by atoms with Crippen LogP contribution in [0.15, 0.2) is 80.4 Å². The molecule has 4 aromatic rings. The molecule has 4 rings (SSSR count). The van der Waals surface area contributed by atoms with Gasteiger partial charge in [0, 0.05) is 22.7 Å². The molecule has 10 heteroatoms. The fourth-order valence-electron chi connectivity index (χ4n) is 3.22. The second-order valence-electron chi connectivity index (χ2n) is 7.01. The van der Waals surface area contributed by atoms with Crippen molar-refractivity contribution in [1.29, 1.82) is 0 Å². The smallest absolute Gasteiger partial charge is 0.450 e. The molecule has 0 fully saturated rings. The molecule has 0 aliphatic heterocycles. The molecular weight excluding hydrogens is 507 g/mol. The van der Waals surface area contributed by atoms with Crippen LogP contribution in [0.1, 0.15) is 11.3 Å². The van der Waals surface area contributed by atoms with Gasteiger partial charge in [-0.2, -0.15) is 13.2 Å². The summed E-state index contributed by atoms with van der Waals surface area (Å²) in [7, 11) is 0. The van der Waals surface area contributed by atoms with Gasteiger partial charge in [-0.1, -0.05) is 28.1 Å². The first-order chi connectivity index (χ1) is 15.6. The lowest BCUT2D eigenvalue weighted by Gasteiger charge is -2.13. The lowest BCUT2D eigenvalue weighted by molar-refractivity contribution is -0.384. The lowest BCUT2D eigenvalue weighted by atomic mass is 10.0. The number of halogens is 4. The monoisotopic (exact) mass is 519 g/mol. The van der Waals surface area contributed by atoms with Gasteiger partial charge in [-0.25, -0.2) is 0 Å². The van der Waals surface area contributed by atoms with E-state index in [1.807, 2.05) is 0 Å². The van der Waals surface area contributed by atoms with Crippen LogP contribution in [0.5, 0.6) is 5.75 Å². The predicted octanol–water partition coefficient (Wildman–Crippen LogP) is 6.73. The summed E-state index contributed by atoms with van der Waals surface area (Å²) < 4.78 is 52.7. The number of alkyl halides is 3. The third-order valence-corrected chi connectivity index (χ3v) is 5.34. The van der Waals surface area contributed by atoms with Gasteiger partial charge in [0.25, 0.3) is 5.69 Å². The van der Waals surface area contributed by atoms with Crippen molar-refractivity contribution in [3.8, 4) is 16.9 Å². The number of non-ortho nitro benzene ring substituents is 1. The van der Waals surface area contributed by atoms with Crippen LogP contribution in [0.2, 0.25) is 0 Å². The van der Waals surface area contributed by atoms with Crippen LogP contribution in [0.25, 0.3) is 22.1 Å². The van der Waals surface area contributed by atoms with Gasteiger partial charge in [-0.15, -0.1) is 0 Å². The molecule has 33 heavy (non-hydrogen) atoms. The van der Waals surface area contributed by atoms with Crippen LogP contribution in [0.4, 0.5) is 18.9 Å². The van der Waals surface area contributed by atoms with Crippen LogP contribution >= 0.6 is 15.9 Å². The van der Waals surface area contributed by atoms with Gasteiger partial charge >= 0.3 is 6.18 Å². The molecule has 0 saturated heterocycles. The first kappa shape index (κ1) is 22.5. The molecule has 0 atom stereocenters. The molecule has 1 aromatic heterocycles. The molecular formula is C23H13BrF3NO5. The van der Waals surface area contributed by atoms with E-state index in [9.17, 15) is 28.1 Å². The Morgan fingerprint density at radius 1 is 1.00 bits per heavy atom. The van der Waals surface area contributed by atoms with E-state index >= 15 is 0 Å². The second-order valence-corrected chi connectivity index (χ2v) is 7.93. The van der Waals surface area contributed by atoms with Gasteiger partial charge in [0.05, 0.1) is 15.9 Å². The van der Waals surface area contributed by atoms with Gasteiger partial charge in [0.1, 0.15) is 17.9 Å². The number of fused-ring (bicyclic) bond motifs is 1. The molecule has 0 unspecified atom stereocenters. The highest BCUT2D eigenvalue weighted by Gasteiger charge is 2.39. The number of benzene rings is 3. The molecule has 168 valence electrons. The van der Waals surface area contributed by atoms with Crippen molar-refractivity contribution in [2.24, 2.45) is 0 Å². The molecule has 0 aliphatic rings. The van der Waals surface area contributed by atoms with Crippen LogP contribution in [-0.4, -0.2) is 4.92 Å². The molecule has 0 radical (unpaired) electrons. The van der Waals surface area contributed by atoms with Crippen LogP contribution in [0, 0.1) is 10.1 Å². The van der Waals surface area contributed by atoms with E-state index in [1.54, 1.807) is 0 Å². The minimum absolute atomic E-state index is 0.0108. The van der Waals surface area contributed by atoms with Crippen LogP contribution < -0.4 is 10.2 Å². The number of hydrogen-bond donors (Lipinski definition) is 0. The Morgan fingerprint density at radius 3 is 2.27 bits per heavy atom. The Kier molecular flexibility index (Phi) is 5.94. The van der Waals surface area contributed by atoms with Crippen molar-refractivity contribution in [3.63, 3.8) is 0 Å². The average molecular weight is 520 g/mol. The Morgan fingerprint density at radius 2 is 1.67 bits per heavy atom. The molecule has 0 bridgehead atoms. The molecule has 0 N–H and O–H groups in total. The quantitative estimate of drug-likeness (QED) is 0.215. The zero-order valence-electron chi connectivity index (χ0n) is 16.6. The Balaban J connectivity index is 1.72. The summed E-state index contributed by atoms with van der Waals surface area (Å²) in [6, 6.07) is 15.5. The minimum atomic E-state index is -4.90. The lowest BCUT2D eigenvalue weighted by Crippen LogP contribution is -2.16. The molecule has 0 aliphatic carbocycles. The Bertz CT molecular complexity index is 1400. The van der Waals surface area contributed by atoms with E-state index in [0.717, 1.165) is 0 Å². The Labute approximate surface area is 192 Å². The molecule has 0 amide bonds. The number of nitro groups is 1. The Hall–Kier alpha value is -3.66. The van der Waals surface area contributed by atoms with Crippen molar-refractivity contribution in [2.75, 3.05) is 0 Å². The van der Waals surface area contributed by atoms with Gasteiger partial charge < -0.3 is 9.15 Å². The third kappa shape index (κ3) is 4.75. The van der Waals surface area contributed by atoms with E-state index in [0.29, 0.717) is 10.0 Å². The summed E-state index contributed by atoms with van der Waals surface area (Å²) in [5, 5.41) is 10.7. The van der Waals surface area contributed by atoms with Gasteiger partial charge in [0.2, 0.25) is 11.2 Å². The minimum Gasteiger partial charge on any atom is -0.489 e. The highest BCUT2D eigenvalue weighted by Crippen LogP contribution is 2.38. The number of nitro benzene ring substituents is 1. The molecule has 0 spiro atoms. The summed E-state index contributed by atoms with van der Waals surface area (Å²) in [5.41, 5.74) is -1.03. The standard InChI is InChI=1S/C23H13BrF3NO5/c24-15-5-3-14(4-6-15)20-21(29)18-10-9-17(11-19(18)33-22(20)23(25,26)27)32-12-13-1-7-16(8-2-13)28(30)31/h1-11H,12H2. The van der Waals surface area contributed by atoms with E-state index in [-0.39, 0.29) is 34.6 Å². The fourth-order valence-corrected chi connectivity index (χ4v) is 3.49. The maximum absolute atomic E-state index is 13.8. The highest BCUT2D eigenvalue weighted by atomic mass is 79.9. The molecule has 3 aromatic carbocycles. The van der Waals surface area contributed by atoms with E-state index in [4.69, 9.17) is 9.15 Å². The van der Waals surface area contributed by atoms with Gasteiger partial charge in [-0.3, -0.25) is 14.9 Å². The number of nitrogens with zero attached hydrogens (tertiary/aromatic N) is 1. The zero-order valence-corrected chi connectivity index (χ0v) is 18.1. The van der Waals surface area contributed by atoms with E-state index < -0.39 is 27.9 Å². The first-order valence-electron chi connectivity index (χ1n) is 9.43. The number of hydrogen-bond acceptors (Lipinski definition) is 5. The SMILES string of the molecule is O=c1c(-c2ccc(Br)cc2)c(C(F)(F)F)oc2cc(OCc3ccc([N+](=O)[O-])cc3)ccc12. The van der Waals surface area contributed by atoms with E-state index in [2.05, 4.69) is 15.9 Å². The van der Waals surface area contributed by atoms with Crippen molar-refractivity contribution < 1.29 is 27.2 Å². The summed E-state index contributed by atoms with van der Waals surface area (Å²) in [6.45, 7) is 0.0108.